The first kappa shape index (κ1) is 12.7. The summed E-state index contributed by atoms with van der Waals surface area (Å²) in [5.41, 5.74) is 5.28. The van der Waals surface area contributed by atoms with Gasteiger partial charge in [0.15, 0.2) is 0 Å². The maximum Gasteiger partial charge on any atom is 0.126 e. The molecule has 0 spiro atoms. The summed E-state index contributed by atoms with van der Waals surface area (Å²) >= 11 is 0. The molecule has 0 amide bonds. The molecule has 0 bridgehead atoms. The first-order valence-corrected chi connectivity index (χ1v) is 5.81. The molecule has 5 heteroatoms. The van der Waals surface area contributed by atoms with Crippen LogP contribution in [-0.2, 0) is 13.5 Å². The minimum Gasteiger partial charge on any atom is -0.276 e. The highest BCUT2D eigenvalue weighted by Gasteiger charge is 2.13. The third kappa shape index (κ3) is 2.75. The lowest BCUT2D eigenvalue weighted by molar-refractivity contribution is 0.538. The van der Waals surface area contributed by atoms with Gasteiger partial charge in [0.1, 0.15) is 5.82 Å². The molecule has 1 heterocycles. The van der Waals surface area contributed by atoms with Crippen LogP contribution < -0.4 is 11.3 Å². The monoisotopic (exact) mass is 248 g/mol. The number of hydrazine groups is 1. The van der Waals surface area contributed by atoms with Gasteiger partial charge in [-0.1, -0.05) is 12.1 Å². The van der Waals surface area contributed by atoms with E-state index >= 15 is 0 Å². The van der Waals surface area contributed by atoms with Crippen LogP contribution in [0.4, 0.5) is 4.39 Å². The number of aromatic nitrogens is 2. The van der Waals surface area contributed by atoms with E-state index < -0.39 is 0 Å². The maximum atomic E-state index is 13.2. The lowest BCUT2D eigenvalue weighted by Crippen LogP contribution is -2.29. The second kappa shape index (κ2) is 5.29. The summed E-state index contributed by atoms with van der Waals surface area (Å²) in [6, 6.07) is 6.89. The van der Waals surface area contributed by atoms with Crippen molar-refractivity contribution in [2.75, 3.05) is 0 Å². The smallest absolute Gasteiger partial charge is 0.126 e. The summed E-state index contributed by atoms with van der Waals surface area (Å²) in [5.74, 6) is 5.37. The van der Waals surface area contributed by atoms with Crippen molar-refractivity contribution in [2.24, 2.45) is 12.9 Å². The Kier molecular flexibility index (Phi) is 3.74. The van der Waals surface area contributed by atoms with E-state index in [2.05, 4.69) is 10.5 Å². The van der Waals surface area contributed by atoms with Crippen LogP contribution in [0.25, 0.3) is 0 Å². The molecule has 0 saturated heterocycles. The zero-order chi connectivity index (χ0) is 13.1. The third-order valence-electron chi connectivity index (χ3n) is 2.97. The molecule has 1 aromatic carbocycles. The second-order valence-corrected chi connectivity index (χ2v) is 4.41. The van der Waals surface area contributed by atoms with Gasteiger partial charge in [-0.2, -0.15) is 5.10 Å². The Morgan fingerprint density at radius 1 is 1.44 bits per heavy atom. The third-order valence-corrected chi connectivity index (χ3v) is 2.97. The summed E-state index contributed by atoms with van der Waals surface area (Å²) in [6.45, 7) is 1.74. The number of halogens is 1. The van der Waals surface area contributed by atoms with E-state index in [1.54, 1.807) is 17.7 Å². The molecule has 0 aliphatic rings. The molecule has 3 N–H and O–H groups in total. The lowest BCUT2D eigenvalue weighted by atomic mass is 10.0. The summed E-state index contributed by atoms with van der Waals surface area (Å²) in [4.78, 5) is 0. The fraction of sp³-hybridized carbons (Fsp3) is 0.308. The SMILES string of the molecule is Cc1cc(C(Cc2ccn(C)n2)NN)ccc1F. The first-order chi connectivity index (χ1) is 8.60. The van der Waals surface area contributed by atoms with E-state index in [9.17, 15) is 4.39 Å². The quantitative estimate of drug-likeness (QED) is 0.638. The molecule has 0 aliphatic carbocycles. The molecule has 1 atom stereocenters. The molecule has 2 aromatic rings. The minimum absolute atomic E-state index is 0.0702. The fourth-order valence-electron chi connectivity index (χ4n) is 1.94. The summed E-state index contributed by atoms with van der Waals surface area (Å²) in [7, 11) is 1.87. The zero-order valence-corrected chi connectivity index (χ0v) is 10.5. The highest BCUT2D eigenvalue weighted by Crippen LogP contribution is 2.19. The summed E-state index contributed by atoms with van der Waals surface area (Å²) in [6.07, 6.45) is 2.56. The van der Waals surface area contributed by atoms with Crippen LogP contribution in [0.1, 0.15) is 22.9 Å². The lowest BCUT2D eigenvalue weighted by Gasteiger charge is -2.15. The van der Waals surface area contributed by atoms with E-state index in [-0.39, 0.29) is 11.9 Å². The minimum atomic E-state index is -0.202. The van der Waals surface area contributed by atoms with Gasteiger partial charge in [-0.15, -0.1) is 0 Å². The molecule has 2 rings (SSSR count). The van der Waals surface area contributed by atoms with E-state index in [4.69, 9.17) is 5.84 Å². The van der Waals surface area contributed by atoms with Gasteiger partial charge >= 0.3 is 0 Å². The van der Waals surface area contributed by atoms with Gasteiger partial charge in [0.2, 0.25) is 0 Å². The van der Waals surface area contributed by atoms with Crippen molar-refractivity contribution in [1.29, 1.82) is 0 Å². The molecule has 0 fully saturated rings. The second-order valence-electron chi connectivity index (χ2n) is 4.41. The molecule has 0 radical (unpaired) electrons. The Bertz CT molecular complexity index is 536. The van der Waals surface area contributed by atoms with Gasteiger partial charge in [-0.05, 0) is 30.2 Å². The average Bonchev–Trinajstić information content (AvgIpc) is 2.75. The highest BCUT2D eigenvalue weighted by atomic mass is 19.1. The van der Waals surface area contributed by atoms with Crippen molar-refractivity contribution >= 4 is 0 Å². The highest BCUT2D eigenvalue weighted by molar-refractivity contribution is 5.27. The topological polar surface area (TPSA) is 55.9 Å². The van der Waals surface area contributed by atoms with E-state index in [0.29, 0.717) is 12.0 Å². The van der Waals surface area contributed by atoms with Gasteiger partial charge in [0, 0.05) is 19.7 Å². The summed E-state index contributed by atoms with van der Waals surface area (Å²) in [5, 5.41) is 4.31. The average molecular weight is 248 g/mol. The number of aryl methyl sites for hydroxylation is 2. The molecule has 0 saturated carbocycles. The van der Waals surface area contributed by atoms with Crippen molar-refractivity contribution in [3.05, 3.63) is 53.1 Å². The van der Waals surface area contributed by atoms with Crippen molar-refractivity contribution < 1.29 is 4.39 Å². The standard InChI is InChI=1S/C13H17FN4/c1-9-7-10(3-4-12(9)14)13(16-15)8-11-5-6-18(2)17-11/h3-7,13,16H,8,15H2,1-2H3. The van der Waals surface area contributed by atoms with E-state index in [1.807, 2.05) is 25.4 Å². The molecule has 18 heavy (non-hydrogen) atoms. The molecule has 1 unspecified atom stereocenters. The van der Waals surface area contributed by atoms with E-state index in [0.717, 1.165) is 11.3 Å². The number of rotatable bonds is 4. The Labute approximate surface area is 106 Å². The van der Waals surface area contributed by atoms with Crippen LogP contribution in [0.3, 0.4) is 0 Å². The predicted octanol–water partition coefficient (Wildman–Crippen LogP) is 1.61. The van der Waals surface area contributed by atoms with E-state index in [1.165, 1.54) is 6.07 Å². The first-order valence-electron chi connectivity index (χ1n) is 5.81. The van der Waals surface area contributed by atoms with Crippen LogP contribution in [0.2, 0.25) is 0 Å². The number of hydrogen-bond acceptors (Lipinski definition) is 3. The van der Waals surface area contributed by atoms with Crippen LogP contribution in [0.5, 0.6) is 0 Å². The normalized spacial score (nSPS) is 12.7. The number of benzene rings is 1. The molecular formula is C13H17FN4. The van der Waals surface area contributed by atoms with Crippen LogP contribution >= 0.6 is 0 Å². The number of nitrogens with two attached hydrogens (primary N) is 1. The Morgan fingerprint density at radius 3 is 2.78 bits per heavy atom. The predicted molar refractivity (Wildman–Crippen MR) is 68.1 cm³/mol. The Hall–Kier alpha value is -1.72. The van der Waals surface area contributed by atoms with Crippen molar-refractivity contribution in [2.45, 2.75) is 19.4 Å². The van der Waals surface area contributed by atoms with Crippen molar-refractivity contribution in [1.82, 2.24) is 15.2 Å². The van der Waals surface area contributed by atoms with Gasteiger partial charge in [0.05, 0.1) is 11.7 Å². The number of hydrogen-bond donors (Lipinski definition) is 2. The number of nitrogens with zero attached hydrogens (tertiary/aromatic N) is 2. The van der Waals surface area contributed by atoms with Crippen molar-refractivity contribution in [3.8, 4) is 0 Å². The maximum absolute atomic E-state index is 13.2. The van der Waals surface area contributed by atoms with Crippen LogP contribution in [0.15, 0.2) is 30.5 Å². The number of nitrogens with one attached hydrogen (secondary N) is 1. The van der Waals surface area contributed by atoms with Gasteiger partial charge in [-0.25, -0.2) is 4.39 Å². The van der Waals surface area contributed by atoms with Gasteiger partial charge < -0.3 is 0 Å². The molecule has 1 aromatic heterocycles. The van der Waals surface area contributed by atoms with Crippen LogP contribution in [-0.4, -0.2) is 9.78 Å². The van der Waals surface area contributed by atoms with Gasteiger partial charge in [0.25, 0.3) is 0 Å². The van der Waals surface area contributed by atoms with Gasteiger partial charge in [-0.3, -0.25) is 16.0 Å². The Balaban J connectivity index is 2.19. The molecule has 96 valence electrons. The molecule has 4 nitrogen and oxygen atoms in total. The fourth-order valence-corrected chi connectivity index (χ4v) is 1.94. The molecule has 0 aliphatic heterocycles. The van der Waals surface area contributed by atoms with Crippen LogP contribution in [0, 0.1) is 12.7 Å². The zero-order valence-electron chi connectivity index (χ0n) is 10.5. The Morgan fingerprint density at radius 2 is 2.22 bits per heavy atom. The summed E-state index contributed by atoms with van der Waals surface area (Å²) < 4.78 is 15.0. The van der Waals surface area contributed by atoms with Crippen molar-refractivity contribution in [3.63, 3.8) is 0 Å². The largest absolute Gasteiger partial charge is 0.276 e. The molecular weight excluding hydrogens is 231 g/mol.